The van der Waals surface area contributed by atoms with Crippen LogP contribution in [0.2, 0.25) is 0 Å². The van der Waals surface area contributed by atoms with Gasteiger partial charge in [-0.2, -0.15) is 0 Å². The van der Waals surface area contributed by atoms with Crippen LogP contribution < -0.4 is 10.6 Å². The summed E-state index contributed by atoms with van der Waals surface area (Å²) in [6, 6.07) is 8.14. The van der Waals surface area contributed by atoms with E-state index in [-0.39, 0.29) is 6.10 Å². The third-order valence-electron chi connectivity index (χ3n) is 2.78. The van der Waals surface area contributed by atoms with E-state index >= 15 is 0 Å². The Hall–Kier alpha value is -1.88. The highest BCUT2D eigenvalue weighted by atomic mass is 16.5. The minimum atomic E-state index is -0.487. The second-order valence-corrected chi connectivity index (χ2v) is 4.17. The standard InChI is InChI=1S/C13H16N2O3/c16-12(10-5-2-1-3-6-10)15-13(17)14-9-11-7-4-8-18-11/h1-3,5-6,11H,4,7-9H2,(H2,14,15,16,17)/t11-/m1/s1. The van der Waals surface area contributed by atoms with E-state index in [1.165, 1.54) is 0 Å². The van der Waals surface area contributed by atoms with Gasteiger partial charge >= 0.3 is 6.03 Å². The van der Waals surface area contributed by atoms with Gasteiger partial charge in [0, 0.05) is 18.7 Å². The van der Waals surface area contributed by atoms with Crippen LogP contribution in [-0.4, -0.2) is 31.2 Å². The molecule has 5 heteroatoms. The molecule has 1 aromatic carbocycles. The van der Waals surface area contributed by atoms with Crippen molar-refractivity contribution in [2.24, 2.45) is 0 Å². The zero-order valence-electron chi connectivity index (χ0n) is 10.0. The van der Waals surface area contributed by atoms with E-state index in [4.69, 9.17) is 4.74 Å². The summed E-state index contributed by atoms with van der Waals surface area (Å²) < 4.78 is 5.37. The van der Waals surface area contributed by atoms with Gasteiger partial charge in [0.1, 0.15) is 0 Å². The van der Waals surface area contributed by atoms with E-state index in [0.717, 1.165) is 19.4 Å². The summed E-state index contributed by atoms with van der Waals surface area (Å²) in [5, 5.41) is 4.91. The number of carbonyl (C=O) groups excluding carboxylic acids is 2. The second kappa shape index (κ2) is 6.16. The van der Waals surface area contributed by atoms with Gasteiger partial charge in [-0.15, -0.1) is 0 Å². The van der Waals surface area contributed by atoms with Gasteiger partial charge in [0.05, 0.1) is 6.10 Å². The molecule has 96 valence electrons. The highest BCUT2D eigenvalue weighted by molar-refractivity contribution is 6.04. The van der Waals surface area contributed by atoms with Crippen LogP contribution in [-0.2, 0) is 4.74 Å². The van der Waals surface area contributed by atoms with E-state index in [0.29, 0.717) is 12.1 Å². The van der Waals surface area contributed by atoms with Crippen molar-refractivity contribution in [2.45, 2.75) is 18.9 Å². The molecule has 0 aromatic heterocycles. The fourth-order valence-electron chi connectivity index (χ4n) is 1.82. The monoisotopic (exact) mass is 248 g/mol. The molecule has 1 aliphatic rings. The zero-order chi connectivity index (χ0) is 12.8. The van der Waals surface area contributed by atoms with E-state index in [1.807, 2.05) is 6.07 Å². The lowest BCUT2D eigenvalue weighted by Gasteiger charge is -2.11. The smallest absolute Gasteiger partial charge is 0.321 e. The number of benzene rings is 1. The molecular weight excluding hydrogens is 232 g/mol. The van der Waals surface area contributed by atoms with Crippen molar-refractivity contribution >= 4 is 11.9 Å². The zero-order valence-corrected chi connectivity index (χ0v) is 10.0. The molecule has 2 N–H and O–H groups in total. The predicted octanol–water partition coefficient (Wildman–Crippen LogP) is 1.30. The Morgan fingerprint density at radius 3 is 2.72 bits per heavy atom. The maximum Gasteiger partial charge on any atom is 0.321 e. The predicted molar refractivity (Wildman–Crippen MR) is 66.3 cm³/mol. The van der Waals surface area contributed by atoms with Gasteiger partial charge in [-0.25, -0.2) is 4.79 Å². The van der Waals surface area contributed by atoms with Crippen molar-refractivity contribution in [3.05, 3.63) is 35.9 Å². The number of ether oxygens (including phenoxy) is 1. The topological polar surface area (TPSA) is 67.4 Å². The number of carbonyl (C=O) groups is 2. The number of imide groups is 1. The first kappa shape index (κ1) is 12.6. The minimum Gasteiger partial charge on any atom is -0.376 e. The van der Waals surface area contributed by atoms with E-state index < -0.39 is 11.9 Å². The molecule has 0 aliphatic carbocycles. The quantitative estimate of drug-likeness (QED) is 0.847. The van der Waals surface area contributed by atoms with Gasteiger partial charge in [0.25, 0.3) is 5.91 Å². The van der Waals surface area contributed by atoms with Gasteiger partial charge in [0.2, 0.25) is 0 Å². The first-order chi connectivity index (χ1) is 8.75. The summed E-state index contributed by atoms with van der Waals surface area (Å²) in [7, 11) is 0. The van der Waals surface area contributed by atoms with Crippen molar-refractivity contribution in [1.82, 2.24) is 10.6 Å². The largest absolute Gasteiger partial charge is 0.376 e. The van der Waals surface area contributed by atoms with Crippen LogP contribution in [0.15, 0.2) is 30.3 Å². The van der Waals surface area contributed by atoms with Gasteiger partial charge in [-0.3, -0.25) is 10.1 Å². The Kier molecular flexibility index (Phi) is 4.30. The molecule has 1 aliphatic heterocycles. The van der Waals surface area contributed by atoms with Gasteiger partial charge < -0.3 is 10.1 Å². The average Bonchev–Trinajstić information content (AvgIpc) is 2.90. The number of rotatable bonds is 3. The molecule has 2 rings (SSSR count). The van der Waals surface area contributed by atoms with Crippen LogP contribution in [0.4, 0.5) is 4.79 Å². The lowest BCUT2D eigenvalue weighted by Crippen LogP contribution is -2.42. The van der Waals surface area contributed by atoms with Crippen molar-refractivity contribution < 1.29 is 14.3 Å². The van der Waals surface area contributed by atoms with Crippen LogP contribution in [0.5, 0.6) is 0 Å². The van der Waals surface area contributed by atoms with Crippen molar-refractivity contribution in [3.8, 4) is 0 Å². The molecule has 0 bridgehead atoms. The Balaban J connectivity index is 1.75. The van der Waals surface area contributed by atoms with Crippen LogP contribution >= 0.6 is 0 Å². The Bertz CT molecular complexity index is 414. The first-order valence-electron chi connectivity index (χ1n) is 6.01. The third-order valence-corrected chi connectivity index (χ3v) is 2.78. The molecule has 3 amide bonds. The molecule has 0 unspecified atom stereocenters. The molecule has 1 atom stereocenters. The number of amides is 3. The Labute approximate surface area is 106 Å². The highest BCUT2D eigenvalue weighted by Gasteiger charge is 2.17. The molecular formula is C13H16N2O3. The molecule has 0 radical (unpaired) electrons. The fraction of sp³-hybridized carbons (Fsp3) is 0.385. The number of hydrogen-bond donors (Lipinski definition) is 2. The number of nitrogens with one attached hydrogen (secondary N) is 2. The van der Waals surface area contributed by atoms with Gasteiger partial charge in [0.15, 0.2) is 0 Å². The minimum absolute atomic E-state index is 0.0718. The summed E-state index contributed by atoms with van der Waals surface area (Å²) in [6.07, 6.45) is 2.05. The van der Waals surface area contributed by atoms with E-state index in [1.54, 1.807) is 24.3 Å². The third kappa shape index (κ3) is 3.56. The molecule has 1 saturated heterocycles. The number of urea groups is 1. The maximum absolute atomic E-state index is 11.6. The molecule has 1 heterocycles. The van der Waals surface area contributed by atoms with Crippen LogP contribution in [0, 0.1) is 0 Å². The molecule has 1 fully saturated rings. The second-order valence-electron chi connectivity index (χ2n) is 4.17. The van der Waals surface area contributed by atoms with Crippen LogP contribution in [0.25, 0.3) is 0 Å². The lowest BCUT2D eigenvalue weighted by molar-refractivity contribution is 0.0954. The summed E-state index contributed by atoms with van der Waals surface area (Å²) in [5.74, 6) is -0.402. The van der Waals surface area contributed by atoms with Crippen molar-refractivity contribution in [2.75, 3.05) is 13.2 Å². The van der Waals surface area contributed by atoms with Crippen LogP contribution in [0.3, 0.4) is 0 Å². The summed E-state index contributed by atoms with van der Waals surface area (Å²) in [4.78, 5) is 23.1. The summed E-state index contributed by atoms with van der Waals surface area (Å²) in [6.45, 7) is 1.19. The number of hydrogen-bond acceptors (Lipinski definition) is 3. The SMILES string of the molecule is O=C(NC[C@H]1CCCO1)NC(=O)c1ccccc1. The molecule has 0 spiro atoms. The van der Waals surface area contributed by atoms with E-state index in [9.17, 15) is 9.59 Å². The van der Waals surface area contributed by atoms with Crippen LogP contribution in [0.1, 0.15) is 23.2 Å². The molecule has 0 saturated carbocycles. The lowest BCUT2D eigenvalue weighted by atomic mass is 10.2. The fourth-order valence-corrected chi connectivity index (χ4v) is 1.82. The Morgan fingerprint density at radius 2 is 2.06 bits per heavy atom. The molecule has 1 aromatic rings. The maximum atomic E-state index is 11.6. The Morgan fingerprint density at radius 1 is 1.28 bits per heavy atom. The van der Waals surface area contributed by atoms with Gasteiger partial charge in [-0.05, 0) is 25.0 Å². The molecule has 18 heavy (non-hydrogen) atoms. The first-order valence-corrected chi connectivity index (χ1v) is 6.01. The summed E-state index contributed by atoms with van der Waals surface area (Å²) >= 11 is 0. The summed E-state index contributed by atoms with van der Waals surface area (Å²) in [5.41, 5.74) is 0.463. The molecule has 5 nitrogen and oxygen atoms in total. The van der Waals surface area contributed by atoms with Crippen molar-refractivity contribution in [3.63, 3.8) is 0 Å². The van der Waals surface area contributed by atoms with E-state index in [2.05, 4.69) is 10.6 Å². The normalized spacial score (nSPS) is 18.3. The van der Waals surface area contributed by atoms with Crippen molar-refractivity contribution in [1.29, 1.82) is 0 Å². The van der Waals surface area contributed by atoms with Gasteiger partial charge in [-0.1, -0.05) is 18.2 Å². The average molecular weight is 248 g/mol. The highest BCUT2D eigenvalue weighted by Crippen LogP contribution is 2.10.